The first-order valence-electron chi connectivity index (χ1n) is 11.0. The van der Waals surface area contributed by atoms with Crippen LogP contribution < -0.4 is 10.1 Å². The molecule has 0 saturated carbocycles. The van der Waals surface area contributed by atoms with Gasteiger partial charge in [0.1, 0.15) is 5.75 Å². The van der Waals surface area contributed by atoms with E-state index in [0.717, 1.165) is 29.8 Å². The van der Waals surface area contributed by atoms with Crippen molar-refractivity contribution in [3.05, 3.63) is 64.5 Å². The lowest BCUT2D eigenvalue weighted by Gasteiger charge is -2.24. The molecule has 2 amide bonds. The highest BCUT2D eigenvalue weighted by Crippen LogP contribution is 2.31. The zero-order valence-electron chi connectivity index (χ0n) is 19.3. The van der Waals surface area contributed by atoms with Crippen LogP contribution in [0.4, 0.5) is 5.69 Å². The third-order valence-corrected chi connectivity index (χ3v) is 6.08. The van der Waals surface area contributed by atoms with Crippen molar-refractivity contribution in [2.75, 3.05) is 19.0 Å². The van der Waals surface area contributed by atoms with Gasteiger partial charge in [-0.25, -0.2) is 9.97 Å². The fourth-order valence-corrected chi connectivity index (χ4v) is 4.23. The number of hydrogen-bond donors (Lipinski definition) is 2. The maximum absolute atomic E-state index is 13.1. The summed E-state index contributed by atoms with van der Waals surface area (Å²) in [7, 11) is 1.55. The number of aryl methyl sites for hydroxylation is 3. The molecule has 4 rings (SSSR count). The molecule has 9 nitrogen and oxygen atoms in total. The second-order valence-electron chi connectivity index (χ2n) is 8.22. The van der Waals surface area contributed by atoms with Gasteiger partial charge >= 0.3 is 0 Å². The van der Waals surface area contributed by atoms with Crippen LogP contribution in [0.2, 0.25) is 0 Å². The Hall–Kier alpha value is -3.75. The number of H-pyrrole nitrogens is 1. The van der Waals surface area contributed by atoms with Gasteiger partial charge in [-0.3, -0.25) is 14.7 Å². The molecule has 1 aliphatic heterocycles. The molecule has 0 radical (unpaired) electrons. The molecule has 0 spiro atoms. The Balaban J connectivity index is 1.50. The largest absolute Gasteiger partial charge is 0.495 e. The maximum Gasteiger partial charge on any atom is 0.259 e. The minimum Gasteiger partial charge on any atom is -0.495 e. The number of carbonyl (C=O) groups is 2. The number of rotatable bonds is 6. The molecule has 2 N–H and O–H groups in total. The number of aromatic amines is 1. The van der Waals surface area contributed by atoms with Crippen molar-refractivity contribution in [3.8, 4) is 5.75 Å². The van der Waals surface area contributed by atoms with Crippen LogP contribution in [0.25, 0.3) is 0 Å². The molecule has 172 valence electrons. The Morgan fingerprint density at radius 3 is 2.70 bits per heavy atom. The first-order chi connectivity index (χ1) is 15.9. The Kier molecular flexibility index (Phi) is 6.39. The highest BCUT2D eigenvalue weighted by molar-refractivity contribution is 6.05. The van der Waals surface area contributed by atoms with E-state index in [1.807, 2.05) is 30.9 Å². The third-order valence-electron chi connectivity index (χ3n) is 6.08. The lowest BCUT2D eigenvalue weighted by molar-refractivity contribution is -0.131. The van der Waals surface area contributed by atoms with Crippen molar-refractivity contribution in [1.29, 1.82) is 0 Å². The lowest BCUT2D eigenvalue weighted by Crippen LogP contribution is -2.33. The predicted molar refractivity (Wildman–Crippen MR) is 123 cm³/mol. The molecule has 3 aromatic rings. The number of nitrogens with one attached hydrogen (secondary N) is 2. The first kappa shape index (κ1) is 22.4. The second-order valence-corrected chi connectivity index (χ2v) is 8.22. The number of nitrogens with zero attached hydrogens (tertiary/aromatic N) is 4. The predicted octanol–water partition coefficient (Wildman–Crippen LogP) is 3.29. The van der Waals surface area contributed by atoms with Gasteiger partial charge < -0.3 is 15.0 Å². The van der Waals surface area contributed by atoms with E-state index in [2.05, 4.69) is 25.5 Å². The first-order valence-corrected chi connectivity index (χ1v) is 11.0. The summed E-state index contributed by atoms with van der Waals surface area (Å²) in [5.74, 6) is 0.857. The van der Waals surface area contributed by atoms with E-state index in [4.69, 9.17) is 4.74 Å². The summed E-state index contributed by atoms with van der Waals surface area (Å²) in [5, 5.41) is 9.97. The molecule has 2 aromatic heterocycles. The summed E-state index contributed by atoms with van der Waals surface area (Å²) >= 11 is 0. The van der Waals surface area contributed by atoms with Crippen molar-refractivity contribution in [2.24, 2.45) is 0 Å². The second kappa shape index (κ2) is 9.40. The molecule has 0 bridgehead atoms. The van der Waals surface area contributed by atoms with E-state index in [9.17, 15) is 9.59 Å². The highest BCUT2D eigenvalue weighted by atomic mass is 16.5. The van der Waals surface area contributed by atoms with Gasteiger partial charge in [0.25, 0.3) is 5.91 Å². The topological polar surface area (TPSA) is 113 Å². The molecule has 33 heavy (non-hydrogen) atoms. The van der Waals surface area contributed by atoms with Gasteiger partial charge in [-0.1, -0.05) is 12.1 Å². The number of ether oxygens (including phenoxy) is 1. The standard InChI is InChI=1S/C24H28N6O3/c1-14-18(24(32)27-19-8-5-6-10-21(19)33-4)13-25-23(26-14)20-9-7-11-30(20)22(31)12-17-15(2)28-29-16(17)3/h5-6,8,10,13,20H,7,9,11-12H2,1-4H3,(H,27,32)(H,28,29)/t20-/m0/s1. The summed E-state index contributed by atoms with van der Waals surface area (Å²) in [6, 6.07) is 7.01. The van der Waals surface area contributed by atoms with Crippen LogP contribution >= 0.6 is 0 Å². The van der Waals surface area contributed by atoms with Crippen LogP contribution in [0.3, 0.4) is 0 Å². The Labute approximate surface area is 192 Å². The number of carbonyl (C=O) groups excluding carboxylic acids is 2. The van der Waals surface area contributed by atoms with E-state index >= 15 is 0 Å². The highest BCUT2D eigenvalue weighted by Gasteiger charge is 2.33. The molecule has 3 heterocycles. The maximum atomic E-state index is 13.1. The average molecular weight is 449 g/mol. The molecule has 1 aliphatic rings. The fourth-order valence-electron chi connectivity index (χ4n) is 4.23. The number of amides is 2. The van der Waals surface area contributed by atoms with E-state index in [0.29, 0.717) is 41.5 Å². The fraction of sp³-hybridized carbons (Fsp3) is 0.375. The van der Waals surface area contributed by atoms with Crippen molar-refractivity contribution < 1.29 is 14.3 Å². The van der Waals surface area contributed by atoms with Crippen LogP contribution in [0.1, 0.15) is 57.7 Å². The number of aromatic nitrogens is 4. The summed E-state index contributed by atoms with van der Waals surface area (Å²) in [6.07, 6.45) is 3.51. The molecule has 1 atom stereocenters. The normalized spacial score (nSPS) is 15.5. The Bertz CT molecular complexity index is 1170. The smallest absolute Gasteiger partial charge is 0.259 e. The molecule has 1 fully saturated rings. The summed E-state index contributed by atoms with van der Waals surface area (Å²) < 4.78 is 5.30. The van der Waals surface area contributed by atoms with E-state index in [1.165, 1.54) is 6.20 Å². The average Bonchev–Trinajstić information content (AvgIpc) is 3.42. The van der Waals surface area contributed by atoms with Crippen LogP contribution in [0.5, 0.6) is 5.75 Å². The van der Waals surface area contributed by atoms with Crippen molar-refractivity contribution >= 4 is 17.5 Å². The summed E-state index contributed by atoms with van der Waals surface area (Å²) in [5.41, 5.74) is 4.21. The number of para-hydroxylation sites is 2. The van der Waals surface area contributed by atoms with Gasteiger partial charge in [0.15, 0.2) is 5.82 Å². The quantitative estimate of drug-likeness (QED) is 0.598. The molecular formula is C24H28N6O3. The third kappa shape index (κ3) is 4.57. The van der Waals surface area contributed by atoms with Gasteiger partial charge in [0, 0.05) is 24.0 Å². The minimum absolute atomic E-state index is 0.0318. The Morgan fingerprint density at radius 2 is 2.00 bits per heavy atom. The van der Waals surface area contributed by atoms with Gasteiger partial charge in [-0.15, -0.1) is 0 Å². The summed E-state index contributed by atoms with van der Waals surface area (Å²) in [4.78, 5) is 36.8. The zero-order valence-corrected chi connectivity index (χ0v) is 19.3. The Morgan fingerprint density at radius 1 is 1.21 bits per heavy atom. The number of benzene rings is 1. The van der Waals surface area contributed by atoms with Crippen LogP contribution in [0, 0.1) is 20.8 Å². The number of likely N-dealkylation sites (tertiary alicyclic amines) is 1. The molecule has 0 unspecified atom stereocenters. The number of hydrogen-bond acceptors (Lipinski definition) is 6. The summed E-state index contributed by atoms with van der Waals surface area (Å²) in [6.45, 7) is 6.26. The van der Waals surface area contributed by atoms with E-state index in [1.54, 1.807) is 26.2 Å². The van der Waals surface area contributed by atoms with Gasteiger partial charge in [0.2, 0.25) is 5.91 Å². The van der Waals surface area contributed by atoms with Crippen LogP contribution in [0.15, 0.2) is 30.5 Å². The van der Waals surface area contributed by atoms with E-state index < -0.39 is 0 Å². The number of anilines is 1. The molecule has 9 heteroatoms. The van der Waals surface area contributed by atoms with Crippen molar-refractivity contribution in [1.82, 2.24) is 25.1 Å². The number of methoxy groups -OCH3 is 1. The van der Waals surface area contributed by atoms with Gasteiger partial charge in [-0.05, 0) is 45.7 Å². The van der Waals surface area contributed by atoms with Crippen molar-refractivity contribution in [2.45, 2.75) is 46.1 Å². The monoisotopic (exact) mass is 448 g/mol. The SMILES string of the molecule is COc1ccccc1NC(=O)c1cnc([C@@H]2CCCN2C(=O)Cc2c(C)n[nH]c2C)nc1C. The van der Waals surface area contributed by atoms with Crippen molar-refractivity contribution in [3.63, 3.8) is 0 Å². The van der Waals surface area contributed by atoms with Crippen LogP contribution in [-0.2, 0) is 11.2 Å². The van der Waals surface area contributed by atoms with Crippen LogP contribution in [-0.4, -0.2) is 50.5 Å². The van der Waals surface area contributed by atoms with Gasteiger partial charge in [-0.2, -0.15) is 5.10 Å². The molecule has 1 saturated heterocycles. The minimum atomic E-state index is -0.311. The molecular weight excluding hydrogens is 420 g/mol. The zero-order chi connectivity index (χ0) is 23.5. The van der Waals surface area contributed by atoms with E-state index in [-0.39, 0.29) is 17.9 Å². The molecule has 0 aliphatic carbocycles. The van der Waals surface area contributed by atoms with Gasteiger partial charge in [0.05, 0.1) is 42.2 Å². The molecule has 1 aromatic carbocycles. The lowest BCUT2D eigenvalue weighted by atomic mass is 10.1.